The van der Waals surface area contributed by atoms with E-state index >= 15 is 0 Å². The molecule has 1 heterocycles. The Morgan fingerprint density at radius 3 is 2.09 bits per heavy atom. The number of rotatable bonds is 7. The highest BCUT2D eigenvalue weighted by Crippen LogP contribution is 2.46. The van der Waals surface area contributed by atoms with E-state index in [2.05, 4.69) is 39.1 Å². The second kappa shape index (κ2) is 10.4. The predicted octanol–water partition coefficient (Wildman–Crippen LogP) is 6.12. The molecule has 0 saturated heterocycles. The number of fused-ring (bicyclic) bond motifs is 1. The van der Waals surface area contributed by atoms with E-state index in [4.69, 9.17) is 9.15 Å². The van der Waals surface area contributed by atoms with Gasteiger partial charge in [-0.2, -0.15) is 0 Å². The second-order valence-electron chi connectivity index (χ2n) is 11.2. The fraction of sp³-hybridized carbons (Fsp3) is 0.552. The lowest BCUT2D eigenvalue weighted by molar-refractivity contribution is -0.143. The van der Waals surface area contributed by atoms with Gasteiger partial charge in [0.05, 0.1) is 7.11 Å². The Morgan fingerprint density at radius 2 is 1.54 bits per heavy atom. The summed E-state index contributed by atoms with van der Waals surface area (Å²) in [6.45, 7) is 14.8. The Kier molecular flexibility index (Phi) is 8.41. The van der Waals surface area contributed by atoms with Crippen LogP contribution in [-0.2, 0) is 20.4 Å². The zero-order valence-corrected chi connectivity index (χ0v) is 21.6. The fourth-order valence-corrected chi connectivity index (χ4v) is 4.74. The van der Waals surface area contributed by atoms with Gasteiger partial charge in [-0.3, -0.25) is 9.59 Å². The van der Waals surface area contributed by atoms with E-state index in [1.54, 1.807) is 0 Å². The topological polar surface area (TPSA) is 85.6 Å². The number of amides is 1. The van der Waals surface area contributed by atoms with E-state index in [-0.39, 0.29) is 41.5 Å². The number of nitrogens with one attached hydrogen (secondary N) is 1. The monoisotopic (exact) mass is 483 g/mol. The molecule has 35 heavy (non-hydrogen) atoms. The molecule has 1 atom stereocenters. The molecule has 1 aliphatic carbocycles. The first-order valence-electron chi connectivity index (χ1n) is 12.0. The molecule has 0 spiro atoms. The summed E-state index contributed by atoms with van der Waals surface area (Å²) < 4.78 is 10.5. The molecule has 6 nitrogen and oxygen atoms in total. The molecule has 1 amide bonds. The summed E-state index contributed by atoms with van der Waals surface area (Å²) in [5.41, 5.74) is 3.98. The third-order valence-corrected chi connectivity index (χ3v) is 6.99. The largest absolute Gasteiger partial charge is 0.467 e. The Labute approximate surface area is 209 Å². The first-order chi connectivity index (χ1) is 15.8. The Hall–Kier alpha value is -2.89. The average Bonchev–Trinajstić information content (AvgIpc) is 3.25. The number of furan rings is 1. The molecule has 0 bridgehead atoms. The van der Waals surface area contributed by atoms with Gasteiger partial charge in [0.1, 0.15) is 6.04 Å². The predicted molar refractivity (Wildman–Crippen MR) is 138 cm³/mol. The van der Waals surface area contributed by atoms with Crippen molar-refractivity contribution in [1.29, 1.82) is 0 Å². The number of methoxy groups -OCH3 is 1. The van der Waals surface area contributed by atoms with Crippen LogP contribution in [0.25, 0.3) is 0 Å². The van der Waals surface area contributed by atoms with Gasteiger partial charge in [0.2, 0.25) is 5.78 Å². The SMILES string of the molecule is C.COC(=O)C(CC(C)C)NC(=O)c1ccc(C(=O)c2cc3c(cc2C)C(C)(C)CCC3(C)C)o1. The molecular formula is C29H41NO5. The van der Waals surface area contributed by atoms with E-state index in [0.29, 0.717) is 12.0 Å². The maximum absolute atomic E-state index is 13.4. The van der Waals surface area contributed by atoms with Gasteiger partial charge in [-0.25, -0.2) is 4.79 Å². The number of carbonyl (C=O) groups is 3. The van der Waals surface area contributed by atoms with Gasteiger partial charge in [0, 0.05) is 5.56 Å². The molecule has 1 unspecified atom stereocenters. The number of hydrogen-bond acceptors (Lipinski definition) is 5. The van der Waals surface area contributed by atoms with Crippen LogP contribution in [0, 0.1) is 12.8 Å². The quantitative estimate of drug-likeness (QED) is 0.379. The number of hydrogen-bond donors (Lipinski definition) is 1. The van der Waals surface area contributed by atoms with Gasteiger partial charge in [-0.15, -0.1) is 0 Å². The fourth-order valence-electron chi connectivity index (χ4n) is 4.74. The molecule has 1 aromatic heterocycles. The second-order valence-corrected chi connectivity index (χ2v) is 11.2. The van der Waals surface area contributed by atoms with Crippen molar-refractivity contribution in [3.63, 3.8) is 0 Å². The smallest absolute Gasteiger partial charge is 0.328 e. The minimum Gasteiger partial charge on any atom is -0.467 e. The summed E-state index contributed by atoms with van der Waals surface area (Å²) in [6.07, 6.45) is 2.58. The van der Waals surface area contributed by atoms with Crippen LogP contribution in [0.15, 0.2) is 28.7 Å². The summed E-state index contributed by atoms with van der Waals surface area (Å²) in [6, 6.07) is 6.34. The first-order valence-corrected chi connectivity index (χ1v) is 12.0. The lowest BCUT2D eigenvalue weighted by Gasteiger charge is -2.42. The van der Waals surface area contributed by atoms with Crippen molar-refractivity contribution in [2.75, 3.05) is 7.11 Å². The summed E-state index contributed by atoms with van der Waals surface area (Å²) in [7, 11) is 1.29. The Bertz CT molecular complexity index is 1110. The number of aryl methyl sites for hydroxylation is 1. The highest BCUT2D eigenvalue weighted by molar-refractivity contribution is 6.09. The van der Waals surface area contributed by atoms with Crippen molar-refractivity contribution < 1.29 is 23.5 Å². The van der Waals surface area contributed by atoms with E-state index in [1.165, 1.54) is 30.4 Å². The maximum atomic E-state index is 13.4. The molecular weight excluding hydrogens is 442 g/mol. The van der Waals surface area contributed by atoms with E-state index in [0.717, 1.165) is 18.4 Å². The van der Waals surface area contributed by atoms with Crippen LogP contribution in [0.2, 0.25) is 0 Å². The minimum atomic E-state index is -0.782. The van der Waals surface area contributed by atoms with Crippen LogP contribution < -0.4 is 5.32 Å². The van der Waals surface area contributed by atoms with Crippen molar-refractivity contribution in [3.8, 4) is 0 Å². The van der Waals surface area contributed by atoms with Gasteiger partial charge < -0.3 is 14.5 Å². The Morgan fingerprint density at radius 1 is 1.00 bits per heavy atom. The van der Waals surface area contributed by atoms with Crippen molar-refractivity contribution >= 4 is 17.7 Å². The number of esters is 1. The molecule has 0 radical (unpaired) electrons. The molecule has 0 saturated carbocycles. The molecule has 6 heteroatoms. The molecule has 0 aliphatic heterocycles. The summed E-state index contributed by atoms with van der Waals surface area (Å²) in [4.78, 5) is 38.1. The zero-order valence-electron chi connectivity index (χ0n) is 21.6. The minimum absolute atomic E-state index is 0. The van der Waals surface area contributed by atoms with E-state index in [1.807, 2.05) is 26.8 Å². The molecule has 3 rings (SSSR count). The zero-order chi connectivity index (χ0) is 25.4. The standard InChI is InChI=1S/C28H37NO5.CH4/c1-16(2)13-21(26(32)33-8)29-25(31)23-10-9-22(34-23)24(30)18-15-20-19(14-17(18)3)27(4,5)11-12-28(20,6)7;/h9-10,14-16,21H,11-13H2,1-8H3,(H,29,31);1H4. The lowest BCUT2D eigenvalue weighted by Crippen LogP contribution is -2.42. The molecule has 1 N–H and O–H groups in total. The van der Waals surface area contributed by atoms with Crippen LogP contribution >= 0.6 is 0 Å². The maximum Gasteiger partial charge on any atom is 0.328 e. The van der Waals surface area contributed by atoms with Crippen LogP contribution in [0.5, 0.6) is 0 Å². The molecule has 192 valence electrons. The van der Waals surface area contributed by atoms with Gasteiger partial charge in [0.15, 0.2) is 11.5 Å². The van der Waals surface area contributed by atoms with Gasteiger partial charge in [0.25, 0.3) is 5.91 Å². The first kappa shape index (κ1) is 28.3. The van der Waals surface area contributed by atoms with Crippen molar-refractivity contribution in [2.45, 2.75) is 92.0 Å². The van der Waals surface area contributed by atoms with Crippen molar-refractivity contribution in [1.82, 2.24) is 5.32 Å². The van der Waals surface area contributed by atoms with Gasteiger partial charge in [-0.05, 0) is 77.8 Å². The Balaban J connectivity index is 0.00000432. The highest BCUT2D eigenvalue weighted by atomic mass is 16.5. The van der Waals surface area contributed by atoms with Crippen molar-refractivity contribution in [3.05, 3.63) is 58.0 Å². The molecule has 1 aliphatic rings. The third-order valence-electron chi connectivity index (χ3n) is 6.99. The summed E-state index contributed by atoms with van der Waals surface area (Å²) in [5, 5.41) is 2.66. The van der Waals surface area contributed by atoms with Crippen LogP contribution in [0.1, 0.15) is 112 Å². The van der Waals surface area contributed by atoms with Gasteiger partial charge >= 0.3 is 5.97 Å². The average molecular weight is 484 g/mol. The number of carbonyl (C=O) groups excluding carboxylic acids is 3. The number of ketones is 1. The third kappa shape index (κ3) is 5.85. The highest BCUT2D eigenvalue weighted by Gasteiger charge is 2.38. The number of ether oxygens (including phenoxy) is 1. The lowest BCUT2D eigenvalue weighted by atomic mass is 9.62. The summed E-state index contributed by atoms with van der Waals surface area (Å²) in [5.74, 6) is -1.07. The van der Waals surface area contributed by atoms with Crippen LogP contribution in [0.4, 0.5) is 0 Å². The van der Waals surface area contributed by atoms with Gasteiger partial charge in [-0.1, -0.05) is 55.0 Å². The van der Waals surface area contributed by atoms with E-state index in [9.17, 15) is 14.4 Å². The van der Waals surface area contributed by atoms with E-state index < -0.39 is 17.9 Å². The molecule has 2 aromatic rings. The molecule has 1 aromatic carbocycles. The summed E-state index contributed by atoms with van der Waals surface area (Å²) >= 11 is 0. The number of benzene rings is 1. The normalized spacial score (nSPS) is 16.6. The molecule has 0 fully saturated rings. The van der Waals surface area contributed by atoms with Crippen molar-refractivity contribution in [2.24, 2.45) is 5.92 Å². The van der Waals surface area contributed by atoms with Crippen LogP contribution in [-0.4, -0.2) is 30.8 Å². The van der Waals surface area contributed by atoms with Crippen LogP contribution in [0.3, 0.4) is 0 Å².